The number of nitrogens with two attached hydrogens (primary N) is 1. The summed E-state index contributed by atoms with van der Waals surface area (Å²) in [7, 11) is 0. The molecule has 1 atom stereocenters. The van der Waals surface area contributed by atoms with E-state index >= 15 is 0 Å². The van der Waals surface area contributed by atoms with Crippen LogP contribution < -0.4 is 5.73 Å². The van der Waals surface area contributed by atoms with Gasteiger partial charge in [-0.25, -0.2) is 4.99 Å². The first kappa shape index (κ1) is 26.9. The van der Waals surface area contributed by atoms with Crippen LogP contribution in [0, 0.1) is 11.3 Å². The van der Waals surface area contributed by atoms with Crippen LogP contribution in [0.1, 0.15) is 30.0 Å². The molecule has 0 fully saturated rings. The number of hydrogen-bond donors (Lipinski definition) is 2. The van der Waals surface area contributed by atoms with Gasteiger partial charge in [0.25, 0.3) is 0 Å². The molecule has 0 saturated heterocycles. The first-order valence-corrected chi connectivity index (χ1v) is 14.3. The van der Waals surface area contributed by atoms with E-state index in [-0.39, 0.29) is 5.84 Å². The van der Waals surface area contributed by atoms with Gasteiger partial charge in [0.2, 0.25) is 0 Å². The largest absolute Gasteiger partial charge is 0.383 e. The van der Waals surface area contributed by atoms with Crippen molar-refractivity contribution in [1.29, 1.82) is 5.41 Å². The van der Waals surface area contributed by atoms with E-state index in [9.17, 15) is 0 Å². The van der Waals surface area contributed by atoms with Crippen molar-refractivity contribution in [3.05, 3.63) is 162 Å². The molecule has 3 heteroatoms. The molecule has 0 heterocycles. The highest BCUT2D eigenvalue weighted by Gasteiger charge is 2.13. The van der Waals surface area contributed by atoms with Gasteiger partial charge in [0.15, 0.2) is 5.84 Å². The van der Waals surface area contributed by atoms with E-state index in [1.165, 1.54) is 5.57 Å². The Hall–Kier alpha value is -5.28. The predicted octanol–water partition coefficient (Wildman–Crippen LogP) is 9.40. The van der Waals surface area contributed by atoms with Gasteiger partial charge in [-0.2, -0.15) is 0 Å². The average Bonchev–Trinajstić information content (AvgIpc) is 3.06. The molecule has 0 bridgehead atoms. The van der Waals surface area contributed by atoms with Crippen LogP contribution in [0.3, 0.4) is 0 Å². The molecule has 1 aliphatic carbocycles. The Morgan fingerprint density at radius 2 is 1.07 bits per heavy atom. The molecule has 1 unspecified atom stereocenters. The molecule has 5 aromatic rings. The second-order valence-corrected chi connectivity index (χ2v) is 10.8. The zero-order valence-corrected chi connectivity index (χ0v) is 23.7. The molecule has 0 radical (unpaired) electrons. The Kier molecular flexibility index (Phi) is 7.74. The lowest BCUT2D eigenvalue weighted by molar-refractivity contribution is 0.739. The fraction of sp³-hybridized carbons (Fsp3) is 0.0769. The van der Waals surface area contributed by atoms with Crippen molar-refractivity contribution in [2.45, 2.75) is 13.3 Å². The van der Waals surface area contributed by atoms with Crippen LogP contribution in [0.2, 0.25) is 0 Å². The van der Waals surface area contributed by atoms with Gasteiger partial charge in [0.05, 0.1) is 0 Å². The molecule has 42 heavy (non-hydrogen) atoms. The second-order valence-electron chi connectivity index (χ2n) is 10.8. The van der Waals surface area contributed by atoms with Gasteiger partial charge in [-0.1, -0.05) is 116 Å². The van der Waals surface area contributed by atoms with Crippen LogP contribution in [-0.4, -0.2) is 11.7 Å². The van der Waals surface area contributed by atoms with Crippen LogP contribution in [0.4, 0.5) is 0 Å². The molecule has 0 saturated carbocycles. The van der Waals surface area contributed by atoms with Gasteiger partial charge in [-0.05, 0) is 93.3 Å². The highest BCUT2D eigenvalue weighted by molar-refractivity contribution is 6.11. The van der Waals surface area contributed by atoms with E-state index in [0.717, 1.165) is 50.9 Å². The average molecular weight is 544 g/mol. The number of benzene rings is 5. The molecule has 0 aromatic heterocycles. The summed E-state index contributed by atoms with van der Waals surface area (Å²) in [6, 6.07) is 43.3. The molecule has 3 N–H and O–H groups in total. The summed E-state index contributed by atoms with van der Waals surface area (Å²) in [6.45, 7) is 2.22. The lowest BCUT2D eigenvalue weighted by atomic mass is 9.91. The zero-order chi connectivity index (χ0) is 28.9. The van der Waals surface area contributed by atoms with Gasteiger partial charge in [-0.3, -0.25) is 5.41 Å². The predicted molar refractivity (Wildman–Crippen MR) is 178 cm³/mol. The van der Waals surface area contributed by atoms with E-state index in [2.05, 4.69) is 90.8 Å². The molecule has 5 aromatic carbocycles. The summed E-state index contributed by atoms with van der Waals surface area (Å²) in [6.07, 6.45) is 7.74. The lowest BCUT2D eigenvalue weighted by Crippen LogP contribution is -2.16. The number of nitrogens with one attached hydrogen (secondary N) is 1. The third-order valence-electron chi connectivity index (χ3n) is 7.64. The van der Waals surface area contributed by atoms with Crippen LogP contribution in [0.5, 0.6) is 0 Å². The smallest absolute Gasteiger partial charge is 0.154 e. The number of allylic oxidation sites excluding steroid dienone is 4. The Bertz CT molecular complexity index is 1760. The normalized spacial score (nSPS) is 14.8. The molecular weight excluding hydrogens is 510 g/mol. The van der Waals surface area contributed by atoms with Crippen molar-refractivity contribution in [1.82, 2.24) is 0 Å². The molecule has 3 nitrogen and oxygen atoms in total. The Morgan fingerprint density at radius 3 is 1.55 bits per heavy atom. The Balaban J connectivity index is 1.41. The number of amidine groups is 2. The van der Waals surface area contributed by atoms with E-state index in [1.807, 2.05) is 66.7 Å². The fourth-order valence-electron chi connectivity index (χ4n) is 5.29. The fourth-order valence-corrected chi connectivity index (χ4v) is 5.29. The number of aliphatic imine (C=N–C) groups is 1. The van der Waals surface area contributed by atoms with Crippen LogP contribution in [0.25, 0.3) is 39.0 Å². The molecule has 0 amide bonds. The van der Waals surface area contributed by atoms with Crippen molar-refractivity contribution in [3.63, 3.8) is 0 Å². The number of rotatable bonds is 6. The van der Waals surface area contributed by atoms with E-state index in [1.54, 1.807) is 0 Å². The maximum absolute atomic E-state index is 9.03. The lowest BCUT2D eigenvalue weighted by Gasteiger charge is -2.15. The summed E-state index contributed by atoms with van der Waals surface area (Å²) in [5, 5.41) is 9.03. The minimum absolute atomic E-state index is 0.125. The van der Waals surface area contributed by atoms with Crippen LogP contribution >= 0.6 is 0 Å². The molecule has 204 valence electrons. The third-order valence-corrected chi connectivity index (χ3v) is 7.64. The molecule has 0 aliphatic heterocycles. The quantitative estimate of drug-likeness (QED) is 0.163. The minimum Gasteiger partial charge on any atom is -0.383 e. The maximum atomic E-state index is 9.03. The van der Waals surface area contributed by atoms with Crippen molar-refractivity contribution in [2.24, 2.45) is 16.6 Å². The molecule has 0 spiro atoms. The van der Waals surface area contributed by atoms with Crippen molar-refractivity contribution in [2.75, 3.05) is 0 Å². The van der Waals surface area contributed by atoms with E-state index < -0.39 is 0 Å². The van der Waals surface area contributed by atoms with Gasteiger partial charge in [0.1, 0.15) is 5.84 Å². The van der Waals surface area contributed by atoms with Crippen LogP contribution in [0.15, 0.2) is 151 Å². The van der Waals surface area contributed by atoms with Crippen molar-refractivity contribution < 1.29 is 0 Å². The Morgan fingerprint density at radius 1 is 0.619 bits per heavy atom. The standard InChI is InChI=1S/C39H33N3/c1-27-17-19-31(20-18-27)35-22-34(30-15-9-4-10-16-30)25-37(26-35)39(41)42-38(40)36-23-32(28-11-5-2-6-12-28)21-33(24-36)29-13-7-3-8-14-29/h2-17,19-27H,18H2,1H3,(H3,40,41,42). The Labute approximate surface area is 247 Å². The highest BCUT2D eigenvalue weighted by atomic mass is 14.9. The maximum Gasteiger partial charge on any atom is 0.154 e. The summed E-state index contributed by atoms with van der Waals surface area (Å²) < 4.78 is 0. The topological polar surface area (TPSA) is 62.2 Å². The van der Waals surface area contributed by atoms with Gasteiger partial charge in [-0.15, -0.1) is 0 Å². The summed E-state index contributed by atoms with van der Waals surface area (Å²) in [5.41, 5.74) is 16.9. The van der Waals surface area contributed by atoms with Gasteiger partial charge >= 0.3 is 0 Å². The van der Waals surface area contributed by atoms with Gasteiger partial charge in [0, 0.05) is 11.1 Å². The number of hydrogen-bond acceptors (Lipinski definition) is 1. The molecule has 6 rings (SSSR count). The van der Waals surface area contributed by atoms with Crippen LogP contribution in [-0.2, 0) is 0 Å². The summed E-state index contributed by atoms with van der Waals surface area (Å²) >= 11 is 0. The molecular formula is C39H33N3. The summed E-state index contributed by atoms with van der Waals surface area (Å²) in [4.78, 5) is 4.66. The van der Waals surface area contributed by atoms with E-state index in [0.29, 0.717) is 17.3 Å². The van der Waals surface area contributed by atoms with Crippen molar-refractivity contribution in [3.8, 4) is 33.4 Å². The first-order valence-electron chi connectivity index (χ1n) is 14.3. The van der Waals surface area contributed by atoms with E-state index in [4.69, 9.17) is 11.1 Å². The monoisotopic (exact) mass is 543 g/mol. The van der Waals surface area contributed by atoms with Crippen molar-refractivity contribution >= 4 is 17.2 Å². The SMILES string of the molecule is CC1C=CC(c2cc(C(N)=NC(=N)c3cc(-c4ccccc4)cc(-c4ccccc4)c3)cc(-c3ccccc3)c2)=CC1. The third kappa shape index (κ3) is 6.06. The number of nitrogens with zero attached hydrogens (tertiary/aromatic N) is 1. The zero-order valence-electron chi connectivity index (χ0n) is 23.7. The minimum atomic E-state index is 0.125. The highest BCUT2D eigenvalue weighted by Crippen LogP contribution is 2.31. The summed E-state index contributed by atoms with van der Waals surface area (Å²) in [5.74, 6) is 0.976. The second kappa shape index (κ2) is 12.1. The first-order chi connectivity index (χ1) is 20.5. The van der Waals surface area contributed by atoms with Gasteiger partial charge < -0.3 is 5.73 Å². The molecule has 1 aliphatic rings.